The van der Waals surface area contributed by atoms with Crippen LogP contribution in [0.2, 0.25) is 0 Å². The van der Waals surface area contributed by atoms with Crippen molar-refractivity contribution in [3.05, 3.63) is 30.6 Å². The summed E-state index contributed by atoms with van der Waals surface area (Å²) in [4.78, 5) is 11.2. The minimum atomic E-state index is -0.00725. The molecule has 1 saturated carbocycles. The Morgan fingerprint density at radius 3 is 2.96 bits per heavy atom. The Morgan fingerprint density at radius 2 is 2.15 bits per heavy atom. The third-order valence-electron chi connectivity index (χ3n) is 5.31. The van der Waals surface area contributed by atoms with Crippen molar-refractivity contribution in [2.75, 3.05) is 24.6 Å². The molecule has 2 aliphatic rings. The highest BCUT2D eigenvalue weighted by molar-refractivity contribution is 5.93. The van der Waals surface area contributed by atoms with Crippen molar-refractivity contribution in [2.24, 2.45) is 0 Å². The summed E-state index contributed by atoms with van der Waals surface area (Å²) >= 11 is 0. The van der Waals surface area contributed by atoms with Crippen molar-refractivity contribution in [2.45, 2.75) is 38.4 Å². The van der Waals surface area contributed by atoms with Crippen LogP contribution in [0.4, 0.5) is 5.82 Å². The number of nitrogens with zero attached hydrogens (tertiary/aromatic N) is 4. The van der Waals surface area contributed by atoms with E-state index in [4.69, 9.17) is 9.47 Å². The van der Waals surface area contributed by atoms with Gasteiger partial charge in [-0.1, -0.05) is 0 Å². The molecule has 0 radical (unpaired) electrons. The van der Waals surface area contributed by atoms with Gasteiger partial charge in [0.25, 0.3) is 0 Å². The van der Waals surface area contributed by atoms with Gasteiger partial charge in [0.15, 0.2) is 0 Å². The normalized spacial score (nSPS) is 21.4. The molecule has 1 aliphatic heterocycles. The van der Waals surface area contributed by atoms with Gasteiger partial charge in [0, 0.05) is 24.5 Å². The number of fused-ring (bicyclic) bond motifs is 1. The maximum absolute atomic E-state index is 6.12. The van der Waals surface area contributed by atoms with Gasteiger partial charge in [-0.15, -0.1) is 0 Å². The van der Waals surface area contributed by atoms with Gasteiger partial charge in [-0.2, -0.15) is 5.10 Å². The van der Waals surface area contributed by atoms with Gasteiger partial charge in [-0.05, 0) is 44.9 Å². The Bertz CT molecular complexity index is 981. The molecule has 27 heavy (non-hydrogen) atoms. The monoisotopic (exact) mass is 365 g/mol. The summed E-state index contributed by atoms with van der Waals surface area (Å²) < 4.78 is 11.7. The van der Waals surface area contributed by atoms with E-state index in [1.54, 1.807) is 6.33 Å². The SMILES string of the molecule is CC1CN(c2cc(-c3n[nH]c4ccc(OC5(C)CC5)cc34)ncn2)CCO1. The largest absolute Gasteiger partial charge is 0.488 e. The molecule has 1 saturated heterocycles. The van der Waals surface area contributed by atoms with Crippen LogP contribution in [0, 0.1) is 0 Å². The number of morpholine rings is 1. The van der Waals surface area contributed by atoms with E-state index in [2.05, 4.69) is 45.0 Å². The lowest BCUT2D eigenvalue weighted by atomic mass is 10.1. The molecular weight excluding hydrogens is 342 g/mol. The molecule has 3 aromatic rings. The molecule has 1 aliphatic carbocycles. The summed E-state index contributed by atoms with van der Waals surface area (Å²) in [6, 6.07) is 8.06. The number of ether oxygens (including phenoxy) is 2. The molecule has 2 fully saturated rings. The topological polar surface area (TPSA) is 76.2 Å². The molecular formula is C20H23N5O2. The van der Waals surface area contributed by atoms with Crippen molar-refractivity contribution in [1.82, 2.24) is 20.2 Å². The van der Waals surface area contributed by atoms with Crippen LogP contribution in [0.3, 0.4) is 0 Å². The number of aromatic nitrogens is 4. The summed E-state index contributed by atoms with van der Waals surface area (Å²) in [6.07, 6.45) is 4.02. The highest BCUT2D eigenvalue weighted by Gasteiger charge is 2.40. The van der Waals surface area contributed by atoms with Gasteiger partial charge in [0.05, 0.1) is 23.9 Å². The van der Waals surface area contributed by atoms with Crippen LogP contribution in [0.5, 0.6) is 5.75 Å². The molecule has 5 rings (SSSR count). The summed E-state index contributed by atoms with van der Waals surface area (Å²) in [5, 5.41) is 8.62. The molecule has 7 nitrogen and oxygen atoms in total. The molecule has 0 amide bonds. The molecule has 7 heteroatoms. The second kappa shape index (κ2) is 6.20. The van der Waals surface area contributed by atoms with Crippen LogP contribution < -0.4 is 9.64 Å². The fourth-order valence-corrected chi connectivity index (χ4v) is 3.49. The van der Waals surface area contributed by atoms with E-state index in [9.17, 15) is 0 Å². The van der Waals surface area contributed by atoms with Crippen LogP contribution in [0.15, 0.2) is 30.6 Å². The molecule has 3 heterocycles. The first-order chi connectivity index (χ1) is 13.1. The molecule has 1 N–H and O–H groups in total. The predicted octanol–water partition coefficient (Wildman–Crippen LogP) is 3.18. The van der Waals surface area contributed by atoms with Gasteiger partial charge in [-0.3, -0.25) is 5.10 Å². The van der Waals surface area contributed by atoms with E-state index in [-0.39, 0.29) is 11.7 Å². The summed E-state index contributed by atoms with van der Waals surface area (Å²) in [7, 11) is 0. The van der Waals surface area contributed by atoms with Crippen molar-refractivity contribution < 1.29 is 9.47 Å². The fourth-order valence-electron chi connectivity index (χ4n) is 3.49. The summed E-state index contributed by atoms with van der Waals surface area (Å²) in [5.41, 5.74) is 2.59. The van der Waals surface area contributed by atoms with Gasteiger partial charge >= 0.3 is 0 Å². The highest BCUT2D eigenvalue weighted by atomic mass is 16.5. The van der Waals surface area contributed by atoms with Crippen LogP contribution in [0.25, 0.3) is 22.3 Å². The van der Waals surface area contributed by atoms with Crippen molar-refractivity contribution >= 4 is 16.7 Å². The number of benzene rings is 1. The van der Waals surface area contributed by atoms with E-state index in [0.717, 1.165) is 59.8 Å². The number of rotatable bonds is 4. The zero-order valence-corrected chi connectivity index (χ0v) is 15.6. The lowest BCUT2D eigenvalue weighted by molar-refractivity contribution is 0.0529. The quantitative estimate of drug-likeness (QED) is 0.765. The lowest BCUT2D eigenvalue weighted by Crippen LogP contribution is -2.41. The van der Waals surface area contributed by atoms with Gasteiger partial charge in [-0.25, -0.2) is 9.97 Å². The van der Waals surface area contributed by atoms with Crippen LogP contribution >= 0.6 is 0 Å². The third-order valence-corrected chi connectivity index (χ3v) is 5.31. The Kier molecular flexibility index (Phi) is 3.79. The smallest absolute Gasteiger partial charge is 0.132 e. The predicted molar refractivity (Wildman–Crippen MR) is 103 cm³/mol. The van der Waals surface area contributed by atoms with Gasteiger partial charge in [0.1, 0.15) is 29.2 Å². The zero-order valence-electron chi connectivity index (χ0n) is 15.6. The van der Waals surface area contributed by atoms with Crippen molar-refractivity contribution in [3.63, 3.8) is 0 Å². The molecule has 0 bridgehead atoms. The molecule has 140 valence electrons. The molecule has 1 unspecified atom stereocenters. The summed E-state index contributed by atoms with van der Waals surface area (Å²) in [5.74, 6) is 1.78. The number of aromatic amines is 1. The Hall–Kier alpha value is -2.67. The summed E-state index contributed by atoms with van der Waals surface area (Å²) in [6.45, 7) is 6.60. The van der Waals surface area contributed by atoms with Gasteiger partial charge in [0.2, 0.25) is 0 Å². The van der Waals surface area contributed by atoms with E-state index >= 15 is 0 Å². The second-order valence-electron chi connectivity index (χ2n) is 7.72. The average Bonchev–Trinajstić information content (AvgIpc) is 3.25. The minimum absolute atomic E-state index is 0.00725. The van der Waals surface area contributed by atoms with Crippen molar-refractivity contribution in [3.8, 4) is 17.1 Å². The Balaban J connectivity index is 1.49. The molecule has 0 spiro atoms. The standard InChI is InChI=1S/C20H23N5O2/c1-13-11-25(7-8-26-13)18-10-17(21-12-22-18)19-15-9-14(27-20(2)5-6-20)3-4-16(15)23-24-19/h3-4,9-10,12-13H,5-8,11H2,1-2H3,(H,23,24). The number of hydrogen-bond acceptors (Lipinski definition) is 6. The first-order valence-electron chi connectivity index (χ1n) is 9.46. The Morgan fingerprint density at radius 1 is 1.26 bits per heavy atom. The third kappa shape index (κ3) is 3.23. The van der Waals surface area contributed by atoms with Crippen LogP contribution in [0.1, 0.15) is 26.7 Å². The fraction of sp³-hybridized carbons (Fsp3) is 0.450. The number of hydrogen-bond donors (Lipinski definition) is 1. The van der Waals surface area contributed by atoms with E-state index in [1.165, 1.54) is 0 Å². The first-order valence-corrected chi connectivity index (χ1v) is 9.46. The van der Waals surface area contributed by atoms with Crippen LogP contribution in [-0.4, -0.2) is 51.6 Å². The van der Waals surface area contributed by atoms with Crippen molar-refractivity contribution in [1.29, 1.82) is 0 Å². The maximum Gasteiger partial charge on any atom is 0.132 e. The number of H-pyrrole nitrogens is 1. The second-order valence-corrected chi connectivity index (χ2v) is 7.72. The molecule has 1 atom stereocenters. The van der Waals surface area contributed by atoms with Gasteiger partial charge < -0.3 is 14.4 Å². The first kappa shape index (κ1) is 16.5. The zero-order chi connectivity index (χ0) is 18.4. The van der Waals surface area contributed by atoms with E-state index in [1.807, 2.05) is 18.2 Å². The number of anilines is 1. The minimum Gasteiger partial charge on any atom is -0.488 e. The average molecular weight is 365 g/mol. The van der Waals surface area contributed by atoms with Crippen LogP contribution in [-0.2, 0) is 4.74 Å². The maximum atomic E-state index is 6.12. The Labute approximate surface area is 157 Å². The highest BCUT2D eigenvalue weighted by Crippen LogP contribution is 2.40. The molecule has 2 aromatic heterocycles. The number of nitrogens with one attached hydrogen (secondary N) is 1. The van der Waals surface area contributed by atoms with E-state index in [0.29, 0.717) is 6.61 Å². The molecule has 1 aromatic carbocycles. The lowest BCUT2D eigenvalue weighted by Gasteiger charge is -2.31. The van der Waals surface area contributed by atoms with E-state index < -0.39 is 0 Å².